The smallest absolute Gasteiger partial charge is 0.276 e. The molecule has 0 bridgehead atoms. The number of nitrogens with zero attached hydrogens (tertiary/aromatic N) is 2. The van der Waals surface area contributed by atoms with Crippen LogP contribution in [0, 0.1) is 5.53 Å². The van der Waals surface area contributed by atoms with Crippen LogP contribution in [0.3, 0.4) is 0 Å². The van der Waals surface area contributed by atoms with Crippen LogP contribution in [0.25, 0.3) is 0 Å². The van der Waals surface area contributed by atoms with Crippen LogP contribution in [-0.2, 0) is 0 Å². The SMILES string of the molecule is N=Nc1nc(O)c(O)[nH]1. The molecule has 0 radical (unpaired) electrons. The van der Waals surface area contributed by atoms with Crippen LogP contribution in [0.5, 0.6) is 11.8 Å². The van der Waals surface area contributed by atoms with Crippen molar-refractivity contribution in [3.8, 4) is 11.8 Å². The maximum Gasteiger partial charge on any atom is 0.276 e. The number of imidazole rings is 1. The molecule has 0 atom stereocenters. The lowest BCUT2D eigenvalue weighted by molar-refractivity contribution is 0.386. The van der Waals surface area contributed by atoms with Crippen LogP contribution in [0.15, 0.2) is 5.11 Å². The Hall–Kier alpha value is -1.59. The molecular weight excluding hydrogens is 124 g/mol. The van der Waals surface area contributed by atoms with E-state index in [0.29, 0.717) is 0 Å². The third kappa shape index (κ3) is 0.809. The summed E-state index contributed by atoms with van der Waals surface area (Å²) in [7, 11) is 0. The van der Waals surface area contributed by atoms with Gasteiger partial charge in [-0.25, -0.2) is 5.53 Å². The molecule has 0 fully saturated rings. The molecule has 1 rings (SSSR count). The second kappa shape index (κ2) is 1.73. The van der Waals surface area contributed by atoms with Crippen LogP contribution in [0.4, 0.5) is 5.95 Å². The molecule has 0 amide bonds. The highest BCUT2D eigenvalue weighted by molar-refractivity contribution is 5.31. The Morgan fingerprint density at radius 2 is 2.22 bits per heavy atom. The number of aromatic nitrogens is 2. The summed E-state index contributed by atoms with van der Waals surface area (Å²) in [5, 5.41) is 19.9. The van der Waals surface area contributed by atoms with E-state index in [-0.39, 0.29) is 5.95 Å². The number of aromatic amines is 1. The second-order valence-corrected chi connectivity index (χ2v) is 1.34. The van der Waals surface area contributed by atoms with Gasteiger partial charge >= 0.3 is 0 Å². The molecular formula is C3H4N4O2. The van der Waals surface area contributed by atoms with Crippen molar-refractivity contribution in [3.05, 3.63) is 0 Å². The first-order valence-corrected chi connectivity index (χ1v) is 2.09. The van der Waals surface area contributed by atoms with Crippen molar-refractivity contribution >= 4 is 5.95 Å². The highest BCUT2D eigenvalue weighted by atomic mass is 16.3. The lowest BCUT2D eigenvalue weighted by atomic mass is 10.8. The molecule has 0 aromatic carbocycles. The highest BCUT2D eigenvalue weighted by Crippen LogP contribution is 2.23. The zero-order chi connectivity index (χ0) is 6.85. The minimum atomic E-state index is -0.541. The monoisotopic (exact) mass is 128 g/mol. The van der Waals surface area contributed by atoms with E-state index in [0.717, 1.165) is 0 Å². The van der Waals surface area contributed by atoms with Gasteiger partial charge in [0.2, 0.25) is 0 Å². The van der Waals surface area contributed by atoms with Crippen LogP contribution in [0.2, 0.25) is 0 Å². The molecule has 0 aliphatic carbocycles. The fourth-order valence-corrected chi connectivity index (χ4v) is 0.396. The van der Waals surface area contributed by atoms with Crippen molar-refractivity contribution in [1.82, 2.24) is 9.97 Å². The van der Waals surface area contributed by atoms with Gasteiger partial charge in [0.15, 0.2) is 0 Å². The summed E-state index contributed by atoms with van der Waals surface area (Å²) < 4.78 is 0. The third-order valence-corrected chi connectivity index (χ3v) is 0.760. The second-order valence-electron chi connectivity index (χ2n) is 1.34. The first-order chi connectivity index (χ1) is 4.24. The van der Waals surface area contributed by atoms with E-state index < -0.39 is 11.8 Å². The standard InChI is InChI=1S/C3H4N4O2/c4-7-3-5-1(8)2(9)6-3/h4,8-9H,(H,5,6). The van der Waals surface area contributed by atoms with Gasteiger partial charge in [-0.3, -0.25) is 4.98 Å². The molecule has 48 valence electrons. The fraction of sp³-hybridized carbons (Fsp3) is 0. The lowest BCUT2D eigenvalue weighted by Crippen LogP contribution is -1.59. The molecule has 6 heteroatoms. The lowest BCUT2D eigenvalue weighted by Gasteiger charge is -1.77. The molecule has 0 unspecified atom stereocenters. The Bertz CT molecular complexity index is 210. The summed E-state index contributed by atoms with van der Waals surface area (Å²) in [5.74, 6) is -1.13. The molecule has 9 heavy (non-hydrogen) atoms. The number of hydrogen-bond donors (Lipinski definition) is 4. The molecule has 4 N–H and O–H groups in total. The summed E-state index contributed by atoms with van der Waals surface area (Å²) in [6.45, 7) is 0. The molecule has 1 aromatic heterocycles. The summed E-state index contributed by atoms with van der Waals surface area (Å²) in [6.07, 6.45) is 0. The Morgan fingerprint density at radius 3 is 2.44 bits per heavy atom. The van der Waals surface area contributed by atoms with E-state index in [1.165, 1.54) is 0 Å². The van der Waals surface area contributed by atoms with Gasteiger partial charge in [-0.2, -0.15) is 4.98 Å². The zero-order valence-electron chi connectivity index (χ0n) is 4.29. The number of H-pyrrole nitrogens is 1. The minimum Gasteiger partial charge on any atom is -0.491 e. The van der Waals surface area contributed by atoms with Crippen molar-refractivity contribution in [1.29, 1.82) is 5.53 Å². The Morgan fingerprint density at radius 1 is 1.56 bits per heavy atom. The quantitative estimate of drug-likeness (QED) is 0.413. The van der Waals surface area contributed by atoms with Gasteiger partial charge in [-0.1, -0.05) is 0 Å². The van der Waals surface area contributed by atoms with Gasteiger partial charge in [0.1, 0.15) is 0 Å². The molecule has 0 aliphatic heterocycles. The molecule has 1 heterocycles. The van der Waals surface area contributed by atoms with Crippen molar-refractivity contribution in [2.24, 2.45) is 5.11 Å². The van der Waals surface area contributed by atoms with Gasteiger partial charge in [0, 0.05) is 0 Å². The van der Waals surface area contributed by atoms with Gasteiger partial charge in [-0.05, 0) is 0 Å². The van der Waals surface area contributed by atoms with Gasteiger partial charge < -0.3 is 10.2 Å². The summed E-state index contributed by atoms with van der Waals surface area (Å²) in [6, 6.07) is 0. The van der Waals surface area contributed by atoms with Crippen molar-refractivity contribution in [3.63, 3.8) is 0 Å². The fourth-order valence-electron chi connectivity index (χ4n) is 0.396. The average Bonchev–Trinajstić information content (AvgIpc) is 2.13. The number of rotatable bonds is 1. The van der Waals surface area contributed by atoms with E-state index >= 15 is 0 Å². The van der Waals surface area contributed by atoms with E-state index in [9.17, 15) is 0 Å². The first-order valence-electron chi connectivity index (χ1n) is 2.09. The predicted octanol–water partition coefficient (Wildman–Crippen LogP) is 0.483. The summed E-state index contributed by atoms with van der Waals surface area (Å²) in [5.41, 5.74) is 6.36. The minimum absolute atomic E-state index is 0.120. The predicted molar refractivity (Wildman–Crippen MR) is 26.7 cm³/mol. The molecule has 0 spiro atoms. The number of aromatic hydroxyl groups is 2. The number of nitrogens with one attached hydrogen (secondary N) is 2. The highest BCUT2D eigenvalue weighted by Gasteiger charge is 2.04. The topological polar surface area (TPSA) is 105 Å². The van der Waals surface area contributed by atoms with E-state index in [1.54, 1.807) is 0 Å². The molecule has 6 nitrogen and oxygen atoms in total. The maximum absolute atomic E-state index is 8.56. The van der Waals surface area contributed by atoms with Crippen molar-refractivity contribution < 1.29 is 10.2 Å². The van der Waals surface area contributed by atoms with E-state index in [1.807, 2.05) is 0 Å². The summed E-state index contributed by atoms with van der Waals surface area (Å²) >= 11 is 0. The largest absolute Gasteiger partial charge is 0.491 e. The maximum atomic E-state index is 8.56. The third-order valence-electron chi connectivity index (χ3n) is 0.760. The van der Waals surface area contributed by atoms with Gasteiger partial charge in [0.05, 0.1) is 0 Å². The van der Waals surface area contributed by atoms with Crippen molar-refractivity contribution in [2.75, 3.05) is 0 Å². The van der Waals surface area contributed by atoms with Gasteiger partial charge in [0.25, 0.3) is 17.7 Å². The van der Waals surface area contributed by atoms with Crippen LogP contribution >= 0.6 is 0 Å². The van der Waals surface area contributed by atoms with Crippen LogP contribution in [-0.4, -0.2) is 20.2 Å². The molecule has 0 saturated carbocycles. The molecule has 0 saturated heterocycles. The normalized spacial score (nSPS) is 9.33. The molecule has 1 aromatic rings. The van der Waals surface area contributed by atoms with Gasteiger partial charge in [-0.15, -0.1) is 5.11 Å². The first kappa shape index (κ1) is 5.54. The molecule has 0 aliphatic rings. The number of hydrogen-bond acceptors (Lipinski definition) is 5. The summed E-state index contributed by atoms with van der Waals surface area (Å²) in [4.78, 5) is 5.36. The van der Waals surface area contributed by atoms with Crippen LogP contribution < -0.4 is 0 Å². The van der Waals surface area contributed by atoms with E-state index in [4.69, 9.17) is 15.7 Å². The Labute approximate surface area is 49.7 Å². The Kier molecular flexibility index (Phi) is 1.07. The van der Waals surface area contributed by atoms with Crippen molar-refractivity contribution in [2.45, 2.75) is 0 Å². The zero-order valence-corrected chi connectivity index (χ0v) is 4.29. The Balaban J connectivity index is 3.11. The van der Waals surface area contributed by atoms with Crippen LogP contribution in [0.1, 0.15) is 0 Å². The average molecular weight is 128 g/mol. The van der Waals surface area contributed by atoms with E-state index in [2.05, 4.69) is 15.1 Å².